The van der Waals surface area contributed by atoms with Crippen LogP contribution in [0.1, 0.15) is 28.7 Å². The number of esters is 1. The predicted molar refractivity (Wildman–Crippen MR) is 75.5 cm³/mol. The normalized spacial score (nSPS) is 13.5. The van der Waals surface area contributed by atoms with E-state index in [2.05, 4.69) is 11.4 Å². The first-order valence-corrected chi connectivity index (χ1v) is 7.65. The lowest BCUT2D eigenvalue weighted by Crippen LogP contribution is -2.21. The van der Waals surface area contributed by atoms with Crippen LogP contribution in [0, 0.1) is 0 Å². The Morgan fingerprint density at radius 2 is 2.37 bits per heavy atom. The van der Waals surface area contributed by atoms with Crippen LogP contribution in [0.4, 0.5) is 0 Å². The van der Waals surface area contributed by atoms with E-state index in [0.717, 1.165) is 13.1 Å². The second kappa shape index (κ2) is 7.62. The largest absolute Gasteiger partial charge is 0.464 e. The first kappa shape index (κ1) is 14.5. The molecule has 0 unspecified atom stereocenters. The van der Waals surface area contributed by atoms with Crippen LogP contribution in [0.3, 0.4) is 0 Å². The molecule has 1 aliphatic carbocycles. The molecule has 0 spiro atoms. The lowest BCUT2D eigenvalue weighted by molar-refractivity contribution is -0.148. The zero-order valence-electron chi connectivity index (χ0n) is 11.4. The first-order valence-electron chi connectivity index (χ1n) is 6.84. The molecular formula is C14H21NO3S. The van der Waals surface area contributed by atoms with Crippen LogP contribution in [0.15, 0.2) is 6.07 Å². The van der Waals surface area contributed by atoms with Gasteiger partial charge in [-0.2, -0.15) is 0 Å². The highest BCUT2D eigenvalue weighted by molar-refractivity contribution is 7.12. The number of carbonyl (C=O) groups is 1. The summed E-state index contributed by atoms with van der Waals surface area (Å²) in [6.45, 7) is 4.41. The summed E-state index contributed by atoms with van der Waals surface area (Å²) in [4.78, 5) is 14.0. The zero-order chi connectivity index (χ0) is 13.5. The number of aryl methyl sites for hydroxylation is 2. The second-order valence-electron chi connectivity index (χ2n) is 4.55. The van der Waals surface area contributed by atoms with Gasteiger partial charge in [-0.1, -0.05) is 0 Å². The summed E-state index contributed by atoms with van der Waals surface area (Å²) in [6.07, 6.45) is 3.81. The maximum atomic E-state index is 11.0. The fraction of sp³-hybridized carbons (Fsp3) is 0.643. The van der Waals surface area contributed by atoms with Gasteiger partial charge < -0.3 is 14.8 Å². The minimum absolute atomic E-state index is 0.0445. The monoisotopic (exact) mass is 283 g/mol. The second-order valence-corrected chi connectivity index (χ2v) is 5.77. The zero-order valence-corrected chi connectivity index (χ0v) is 12.2. The molecule has 4 nitrogen and oxygen atoms in total. The maximum absolute atomic E-state index is 11.0. The standard InChI is InChI=1S/C14H21NO3S/c1-2-18-14(16)10-17-7-6-15-9-12-8-11-4-3-5-13(11)19-12/h8,15H,2-7,9-10H2,1H3. The van der Waals surface area contributed by atoms with E-state index in [1.54, 1.807) is 17.4 Å². The smallest absolute Gasteiger partial charge is 0.332 e. The minimum Gasteiger partial charge on any atom is -0.464 e. The van der Waals surface area contributed by atoms with Gasteiger partial charge in [0.1, 0.15) is 6.61 Å². The van der Waals surface area contributed by atoms with Crippen molar-refractivity contribution in [2.24, 2.45) is 0 Å². The Bertz CT molecular complexity index is 395. The summed E-state index contributed by atoms with van der Waals surface area (Å²) in [6, 6.07) is 2.32. The maximum Gasteiger partial charge on any atom is 0.332 e. The highest BCUT2D eigenvalue weighted by Gasteiger charge is 2.14. The van der Waals surface area contributed by atoms with Crippen LogP contribution in [-0.4, -0.2) is 32.3 Å². The van der Waals surface area contributed by atoms with E-state index in [1.807, 2.05) is 11.3 Å². The van der Waals surface area contributed by atoms with Crippen molar-refractivity contribution in [3.05, 3.63) is 21.4 Å². The van der Waals surface area contributed by atoms with Gasteiger partial charge in [0.2, 0.25) is 0 Å². The topological polar surface area (TPSA) is 47.6 Å². The van der Waals surface area contributed by atoms with Gasteiger partial charge in [0, 0.05) is 22.8 Å². The van der Waals surface area contributed by atoms with Crippen molar-refractivity contribution in [2.75, 3.05) is 26.4 Å². The Kier molecular flexibility index (Phi) is 5.82. The van der Waals surface area contributed by atoms with Crippen LogP contribution in [-0.2, 0) is 33.7 Å². The van der Waals surface area contributed by atoms with Crippen molar-refractivity contribution in [1.29, 1.82) is 0 Å². The van der Waals surface area contributed by atoms with Gasteiger partial charge >= 0.3 is 5.97 Å². The van der Waals surface area contributed by atoms with Gasteiger partial charge in [-0.15, -0.1) is 11.3 Å². The van der Waals surface area contributed by atoms with Crippen LogP contribution < -0.4 is 5.32 Å². The molecule has 1 aliphatic rings. The number of ether oxygens (including phenoxy) is 2. The van der Waals surface area contributed by atoms with Gasteiger partial charge in [-0.05, 0) is 37.8 Å². The Morgan fingerprint density at radius 1 is 1.47 bits per heavy atom. The van der Waals surface area contributed by atoms with Crippen LogP contribution in [0.25, 0.3) is 0 Å². The van der Waals surface area contributed by atoms with E-state index in [4.69, 9.17) is 9.47 Å². The minimum atomic E-state index is -0.294. The molecule has 5 heteroatoms. The third kappa shape index (κ3) is 4.60. The molecule has 1 heterocycles. The summed E-state index contributed by atoms with van der Waals surface area (Å²) in [5.41, 5.74) is 1.54. The van der Waals surface area contributed by atoms with Crippen molar-refractivity contribution >= 4 is 17.3 Å². The van der Waals surface area contributed by atoms with Crippen LogP contribution >= 0.6 is 11.3 Å². The van der Waals surface area contributed by atoms with Crippen molar-refractivity contribution in [2.45, 2.75) is 32.7 Å². The van der Waals surface area contributed by atoms with E-state index in [-0.39, 0.29) is 12.6 Å². The highest BCUT2D eigenvalue weighted by atomic mass is 32.1. The third-order valence-electron chi connectivity index (χ3n) is 3.05. The SMILES string of the molecule is CCOC(=O)COCCNCc1cc2c(s1)CCC2. The molecule has 0 fully saturated rings. The molecule has 0 atom stereocenters. The number of hydrogen-bond donors (Lipinski definition) is 1. The molecule has 1 aromatic rings. The predicted octanol–water partition coefficient (Wildman–Crippen LogP) is 1.91. The Hall–Kier alpha value is -0.910. The van der Waals surface area contributed by atoms with Crippen LogP contribution in [0.2, 0.25) is 0 Å². The average Bonchev–Trinajstić information content (AvgIpc) is 2.94. The molecule has 0 saturated carbocycles. The summed E-state index contributed by atoms with van der Waals surface area (Å²) in [5, 5.41) is 3.33. The van der Waals surface area contributed by atoms with Gasteiger partial charge in [-0.25, -0.2) is 4.79 Å². The third-order valence-corrected chi connectivity index (χ3v) is 4.28. The molecule has 2 rings (SSSR count). The molecule has 1 aromatic heterocycles. The fourth-order valence-corrected chi connectivity index (χ4v) is 3.42. The van der Waals surface area contributed by atoms with Crippen molar-refractivity contribution in [1.82, 2.24) is 5.32 Å². The molecule has 0 bridgehead atoms. The number of rotatable bonds is 8. The van der Waals surface area contributed by atoms with Crippen molar-refractivity contribution in [3.63, 3.8) is 0 Å². The van der Waals surface area contributed by atoms with Crippen molar-refractivity contribution in [3.8, 4) is 0 Å². The lowest BCUT2D eigenvalue weighted by atomic mass is 10.2. The summed E-state index contributed by atoms with van der Waals surface area (Å²) in [5.74, 6) is -0.294. The summed E-state index contributed by atoms with van der Waals surface area (Å²) in [7, 11) is 0. The number of carbonyl (C=O) groups excluding carboxylic acids is 1. The van der Waals surface area contributed by atoms with E-state index >= 15 is 0 Å². The number of nitrogens with one attached hydrogen (secondary N) is 1. The lowest BCUT2D eigenvalue weighted by Gasteiger charge is -2.05. The number of thiophene rings is 1. The molecule has 106 valence electrons. The molecular weight excluding hydrogens is 262 g/mol. The molecule has 1 N–H and O–H groups in total. The Labute approximate surface area is 118 Å². The summed E-state index contributed by atoms with van der Waals surface area (Å²) < 4.78 is 9.98. The van der Waals surface area contributed by atoms with E-state index in [1.165, 1.54) is 24.1 Å². The van der Waals surface area contributed by atoms with Crippen molar-refractivity contribution < 1.29 is 14.3 Å². The van der Waals surface area contributed by atoms with E-state index < -0.39 is 0 Å². The van der Waals surface area contributed by atoms with E-state index in [9.17, 15) is 4.79 Å². The fourth-order valence-electron chi connectivity index (χ4n) is 2.19. The molecule has 19 heavy (non-hydrogen) atoms. The first-order chi connectivity index (χ1) is 9.29. The summed E-state index contributed by atoms with van der Waals surface area (Å²) >= 11 is 1.92. The highest BCUT2D eigenvalue weighted by Crippen LogP contribution is 2.30. The molecule has 0 radical (unpaired) electrons. The Morgan fingerprint density at radius 3 is 3.16 bits per heavy atom. The van der Waals surface area contributed by atoms with Gasteiger partial charge in [-0.3, -0.25) is 0 Å². The quantitative estimate of drug-likeness (QED) is 0.585. The molecule has 0 aromatic carbocycles. The van der Waals surface area contributed by atoms with Gasteiger partial charge in [0.25, 0.3) is 0 Å². The molecule has 0 amide bonds. The van der Waals surface area contributed by atoms with E-state index in [0.29, 0.717) is 13.2 Å². The van der Waals surface area contributed by atoms with Gasteiger partial charge in [0.15, 0.2) is 0 Å². The van der Waals surface area contributed by atoms with Gasteiger partial charge in [0.05, 0.1) is 13.2 Å². The average molecular weight is 283 g/mol. The number of hydrogen-bond acceptors (Lipinski definition) is 5. The molecule has 0 saturated heterocycles. The van der Waals surface area contributed by atoms with Crippen LogP contribution in [0.5, 0.6) is 0 Å². The number of fused-ring (bicyclic) bond motifs is 1. The molecule has 0 aliphatic heterocycles. The Balaban J connectivity index is 1.53.